The Morgan fingerprint density at radius 2 is 1.41 bits per heavy atom. The summed E-state index contributed by atoms with van der Waals surface area (Å²) in [6.45, 7) is 13.3. The number of hydrogen-bond acceptors (Lipinski definition) is 3. The molecule has 0 heterocycles. The van der Waals surface area contributed by atoms with E-state index in [2.05, 4.69) is 12.6 Å². The summed E-state index contributed by atoms with van der Waals surface area (Å²) < 4.78 is 0. The predicted molar refractivity (Wildman–Crippen MR) is 128 cm³/mol. The first-order valence-corrected chi connectivity index (χ1v) is 11.0. The van der Waals surface area contributed by atoms with Gasteiger partial charge < -0.3 is 0 Å². The van der Waals surface area contributed by atoms with Crippen LogP contribution in [0.15, 0.2) is 84.0 Å². The minimum Gasteiger partial charge on any atom is -0.298 e. The molecule has 2 atom stereocenters. The molecule has 2 aromatic carbocycles. The van der Waals surface area contributed by atoms with Gasteiger partial charge in [0.1, 0.15) is 0 Å². The number of ketones is 2. The minimum atomic E-state index is -1.10. The molecule has 164 valence electrons. The summed E-state index contributed by atoms with van der Waals surface area (Å²) in [6.07, 6.45) is 0.454. The van der Waals surface area contributed by atoms with Crippen molar-refractivity contribution >= 4 is 11.6 Å². The highest BCUT2D eigenvalue weighted by atomic mass is 16.2. The van der Waals surface area contributed by atoms with Gasteiger partial charge in [-0.15, -0.1) is 0 Å². The largest absolute Gasteiger partial charge is 0.298 e. The Morgan fingerprint density at radius 1 is 0.906 bits per heavy atom. The predicted octanol–water partition coefficient (Wildman–Crippen LogP) is 6.54. The molecule has 3 heteroatoms. The highest BCUT2D eigenvalue weighted by Crippen LogP contribution is 2.48. The van der Waals surface area contributed by atoms with Gasteiger partial charge in [-0.05, 0) is 63.3 Å². The van der Waals surface area contributed by atoms with Gasteiger partial charge in [0, 0.05) is 16.9 Å². The molecule has 0 radical (unpaired) electrons. The summed E-state index contributed by atoms with van der Waals surface area (Å²) >= 11 is 0. The zero-order valence-electron chi connectivity index (χ0n) is 19.6. The molecule has 0 saturated heterocycles. The standard InChI is InChI=1S/C29H31NO2/c1-19(25-20(2)28(3,4)27(32)29(5,6)26(25)31)17-23(21-13-9-7-10-14-21)24(18-30)22-15-11-8-12-16-22/h7-16,23-24H,1,17H2,2-6H3. The number of carbonyl (C=O) groups is 2. The molecular weight excluding hydrogens is 394 g/mol. The molecule has 0 saturated carbocycles. The fraction of sp³-hybridized carbons (Fsp3) is 0.345. The van der Waals surface area contributed by atoms with Crippen molar-refractivity contribution in [2.75, 3.05) is 0 Å². The van der Waals surface area contributed by atoms with Gasteiger partial charge in [0.05, 0.1) is 17.4 Å². The molecule has 0 bridgehead atoms. The van der Waals surface area contributed by atoms with Crippen molar-refractivity contribution in [2.45, 2.75) is 52.9 Å². The van der Waals surface area contributed by atoms with E-state index in [1.165, 1.54) is 0 Å². The van der Waals surface area contributed by atoms with Gasteiger partial charge in [0.2, 0.25) is 0 Å². The SMILES string of the molecule is C=C(CC(c1ccccc1)C(C#N)c1ccccc1)C1=C(C)C(C)(C)C(=O)C(C)(C)C1=O. The lowest BCUT2D eigenvalue weighted by molar-refractivity contribution is -0.142. The number of nitrogens with zero attached hydrogens (tertiary/aromatic N) is 1. The van der Waals surface area contributed by atoms with Gasteiger partial charge in [-0.2, -0.15) is 5.26 Å². The highest BCUT2D eigenvalue weighted by molar-refractivity contribution is 6.20. The molecule has 0 N–H and O–H groups in total. The van der Waals surface area contributed by atoms with Crippen molar-refractivity contribution < 1.29 is 9.59 Å². The smallest absolute Gasteiger partial charge is 0.176 e. The van der Waals surface area contributed by atoms with E-state index in [4.69, 9.17) is 0 Å². The Labute approximate surface area is 191 Å². The summed E-state index contributed by atoms with van der Waals surface area (Å²) in [5, 5.41) is 10.1. The first-order valence-electron chi connectivity index (χ1n) is 11.0. The Kier molecular flexibility index (Phi) is 6.37. The Bertz CT molecular complexity index is 1110. The number of hydrogen-bond donors (Lipinski definition) is 0. The summed E-state index contributed by atoms with van der Waals surface area (Å²) in [7, 11) is 0. The molecule has 2 aromatic rings. The molecule has 2 unspecified atom stereocenters. The number of allylic oxidation sites excluding steroid dienone is 3. The van der Waals surface area contributed by atoms with E-state index in [1.54, 1.807) is 13.8 Å². The second-order valence-corrected chi connectivity index (χ2v) is 9.75. The van der Waals surface area contributed by atoms with E-state index in [-0.39, 0.29) is 17.5 Å². The van der Waals surface area contributed by atoms with Crippen molar-refractivity contribution in [3.63, 3.8) is 0 Å². The van der Waals surface area contributed by atoms with Crippen LogP contribution in [0.2, 0.25) is 0 Å². The van der Waals surface area contributed by atoms with Gasteiger partial charge in [0.15, 0.2) is 11.6 Å². The van der Waals surface area contributed by atoms with E-state index in [0.29, 0.717) is 17.6 Å². The fourth-order valence-electron chi connectivity index (χ4n) is 4.83. The number of rotatable bonds is 6. The number of benzene rings is 2. The van der Waals surface area contributed by atoms with Crippen LogP contribution in [0, 0.1) is 22.2 Å². The van der Waals surface area contributed by atoms with Crippen LogP contribution in [0.1, 0.15) is 64.0 Å². The molecule has 3 rings (SSSR count). The Balaban J connectivity index is 2.08. The third-order valence-electron chi connectivity index (χ3n) is 6.99. The van der Waals surface area contributed by atoms with E-state index < -0.39 is 16.7 Å². The highest BCUT2D eigenvalue weighted by Gasteiger charge is 2.51. The molecule has 3 nitrogen and oxygen atoms in total. The first kappa shape index (κ1) is 23.4. The van der Waals surface area contributed by atoms with Crippen molar-refractivity contribution in [3.05, 3.63) is 95.1 Å². The zero-order chi connectivity index (χ0) is 23.7. The van der Waals surface area contributed by atoms with Crippen LogP contribution >= 0.6 is 0 Å². The molecule has 0 amide bonds. The van der Waals surface area contributed by atoms with Gasteiger partial charge in [-0.3, -0.25) is 9.59 Å². The topological polar surface area (TPSA) is 57.9 Å². The minimum absolute atomic E-state index is 0.0668. The molecule has 0 spiro atoms. The van der Waals surface area contributed by atoms with E-state index in [9.17, 15) is 14.9 Å². The summed E-state index contributed by atoms with van der Waals surface area (Å²) in [5.74, 6) is -0.808. The molecule has 0 fully saturated rings. The van der Waals surface area contributed by atoms with Crippen LogP contribution in [-0.2, 0) is 9.59 Å². The maximum absolute atomic E-state index is 13.4. The molecule has 0 aromatic heterocycles. The van der Waals surface area contributed by atoms with Gasteiger partial charge >= 0.3 is 0 Å². The van der Waals surface area contributed by atoms with Gasteiger partial charge in [-0.25, -0.2) is 0 Å². The quantitative estimate of drug-likeness (QED) is 0.493. The van der Waals surface area contributed by atoms with E-state index >= 15 is 0 Å². The van der Waals surface area contributed by atoms with E-state index in [0.717, 1.165) is 16.7 Å². The van der Waals surface area contributed by atoms with Crippen molar-refractivity contribution in [3.8, 4) is 6.07 Å². The fourth-order valence-corrected chi connectivity index (χ4v) is 4.83. The van der Waals surface area contributed by atoms with Gasteiger partial charge in [-0.1, -0.05) is 67.2 Å². The average molecular weight is 426 g/mol. The van der Waals surface area contributed by atoms with Crippen molar-refractivity contribution in [1.82, 2.24) is 0 Å². The molecule has 0 aliphatic heterocycles. The first-order chi connectivity index (χ1) is 15.0. The molecule has 1 aliphatic rings. The lowest BCUT2D eigenvalue weighted by Crippen LogP contribution is -2.48. The van der Waals surface area contributed by atoms with Crippen LogP contribution in [-0.4, -0.2) is 11.6 Å². The maximum Gasteiger partial charge on any atom is 0.176 e. The maximum atomic E-state index is 13.4. The monoisotopic (exact) mass is 425 g/mol. The summed E-state index contributed by atoms with van der Waals surface area (Å²) in [6, 6.07) is 22.1. The van der Waals surface area contributed by atoms with Crippen LogP contribution < -0.4 is 0 Å². The molecule has 1 aliphatic carbocycles. The lowest BCUT2D eigenvalue weighted by Gasteiger charge is -2.41. The van der Waals surface area contributed by atoms with Crippen LogP contribution in [0.3, 0.4) is 0 Å². The second kappa shape index (κ2) is 8.71. The summed E-state index contributed by atoms with van der Waals surface area (Å²) in [4.78, 5) is 26.4. The molecular formula is C29H31NO2. The second-order valence-electron chi connectivity index (χ2n) is 9.75. The van der Waals surface area contributed by atoms with Crippen LogP contribution in [0.5, 0.6) is 0 Å². The number of carbonyl (C=O) groups excluding carboxylic acids is 2. The lowest BCUT2D eigenvalue weighted by atomic mass is 9.59. The zero-order valence-corrected chi connectivity index (χ0v) is 19.6. The Hall–Kier alpha value is -3.25. The van der Waals surface area contributed by atoms with Crippen LogP contribution in [0.4, 0.5) is 0 Å². The molecule has 32 heavy (non-hydrogen) atoms. The third-order valence-corrected chi connectivity index (χ3v) is 6.99. The Morgan fingerprint density at radius 3 is 1.91 bits per heavy atom. The normalized spacial score (nSPS) is 19.2. The third kappa shape index (κ3) is 3.98. The number of nitriles is 1. The van der Waals surface area contributed by atoms with Crippen molar-refractivity contribution in [2.24, 2.45) is 10.8 Å². The van der Waals surface area contributed by atoms with Crippen LogP contribution in [0.25, 0.3) is 0 Å². The van der Waals surface area contributed by atoms with Crippen molar-refractivity contribution in [1.29, 1.82) is 5.26 Å². The number of Topliss-reactive ketones (excluding diaryl/α,β-unsaturated/α-hetero) is 2. The average Bonchev–Trinajstić information content (AvgIpc) is 2.78. The van der Waals surface area contributed by atoms with Gasteiger partial charge in [0.25, 0.3) is 0 Å². The van der Waals surface area contributed by atoms with E-state index in [1.807, 2.05) is 81.4 Å². The summed E-state index contributed by atoms with van der Waals surface area (Å²) in [5.41, 5.74) is 2.13.